The number of aliphatic carboxylic acids is 1. The summed E-state index contributed by atoms with van der Waals surface area (Å²) >= 11 is 0. The van der Waals surface area contributed by atoms with Crippen LogP contribution in [0.2, 0.25) is 0 Å². The van der Waals surface area contributed by atoms with Gasteiger partial charge in [-0.05, 0) is 49.3 Å². The molecule has 1 amide bonds. The van der Waals surface area contributed by atoms with Crippen molar-refractivity contribution in [3.8, 4) is 0 Å². The molecule has 1 aromatic rings. The summed E-state index contributed by atoms with van der Waals surface area (Å²) < 4.78 is 23.9. The van der Waals surface area contributed by atoms with Gasteiger partial charge in [0.1, 0.15) is 5.54 Å². The van der Waals surface area contributed by atoms with Crippen molar-refractivity contribution in [2.24, 2.45) is 5.92 Å². The first-order chi connectivity index (χ1) is 11.7. The summed E-state index contributed by atoms with van der Waals surface area (Å²) in [6.07, 6.45) is 2.31. The second-order valence-corrected chi connectivity index (χ2v) is 9.12. The summed E-state index contributed by atoms with van der Waals surface area (Å²) in [6, 6.07) is 6.25. The first-order valence-corrected chi connectivity index (χ1v) is 10.2. The van der Waals surface area contributed by atoms with Crippen molar-refractivity contribution in [3.05, 3.63) is 29.8 Å². The fraction of sp³-hybridized carbons (Fsp3) is 0.556. The molecule has 1 fully saturated rings. The van der Waals surface area contributed by atoms with Crippen molar-refractivity contribution in [3.63, 3.8) is 0 Å². The van der Waals surface area contributed by atoms with E-state index in [2.05, 4.69) is 12.2 Å². The molecule has 0 unspecified atom stereocenters. The maximum atomic E-state index is 12.4. The Bertz CT molecular complexity index is 748. The summed E-state index contributed by atoms with van der Waals surface area (Å²) in [6.45, 7) is 3.64. The number of nitrogens with one attached hydrogen (secondary N) is 1. The van der Waals surface area contributed by atoms with E-state index >= 15 is 0 Å². The van der Waals surface area contributed by atoms with Crippen LogP contribution in [0.25, 0.3) is 0 Å². The zero-order valence-electron chi connectivity index (χ0n) is 14.6. The first-order valence-electron chi connectivity index (χ1n) is 8.54. The van der Waals surface area contributed by atoms with Gasteiger partial charge in [0.25, 0.3) is 0 Å². The topological polar surface area (TPSA) is 101 Å². The van der Waals surface area contributed by atoms with E-state index in [9.17, 15) is 23.1 Å². The molecule has 138 valence electrons. The third-order valence-corrected chi connectivity index (χ3v) is 6.65. The van der Waals surface area contributed by atoms with Crippen LogP contribution in [0.1, 0.15) is 45.1 Å². The molecule has 1 saturated carbocycles. The van der Waals surface area contributed by atoms with Crippen molar-refractivity contribution < 1.29 is 23.1 Å². The van der Waals surface area contributed by atoms with Crippen molar-refractivity contribution in [1.29, 1.82) is 0 Å². The van der Waals surface area contributed by atoms with E-state index in [1.54, 1.807) is 19.1 Å². The highest BCUT2D eigenvalue weighted by molar-refractivity contribution is 7.91. The molecule has 1 aromatic carbocycles. The monoisotopic (exact) mass is 367 g/mol. The van der Waals surface area contributed by atoms with Crippen LogP contribution in [0, 0.1) is 5.92 Å². The lowest BCUT2D eigenvalue weighted by molar-refractivity contribution is -0.149. The second-order valence-electron chi connectivity index (χ2n) is 6.85. The fourth-order valence-corrected chi connectivity index (χ4v) is 4.11. The lowest BCUT2D eigenvalue weighted by Crippen LogP contribution is -2.56. The standard InChI is InChI=1S/C18H25NO5S/c1-3-25(23,24)15-6-4-5-14(11-15)12-16(20)19-18(17(21)22)9-7-13(2)8-10-18/h4-6,11,13H,3,7-10,12H2,1-2H3,(H,19,20)(H,21,22). The van der Waals surface area contributed by atoms with Gasteiger partial charge in [0, 0.05) is 0 Å². The normalized spacial score (nSPS) is 23.8. The lowest BCUT2D eigenvalue weighted by Gasteiger charge is -2.36. The maximum absolute atomic E-state index is 12.4. The number of carbonyl (C=O) groups excluding carboxylic acids is 1. The summed E-state index contributed by atoms with van der Waals surface area (Å²) in [7, 11) is -3.34. The third kappa shape index (κ3) is 4.60. The van der Waals surface area contributed by atoms with Gasteiger partial charge in [-0.25, -0.2) is 13.2 Å². The molecule has 7 heteroatoms. The molecule has 25 heavy (non-hydrogen) atoms. The highest BCUT2D eigenvalue weighted by atomic mass is 32.2. The smallest absolute Gasteiger partial charge is 0.329 e. The van der Waals surface area contributed by atoms with E-state index in [4.69, 9.17) is 0 Å². The summed E-state index contributed by atoms with van der Waals surface area (Å²) in [5.41, 5.74) is -0.659. The van der Waals surface area contributed by atoms with Crippen molar-refractivity contribution in [2.75, 3.05) is 5.75 Å². The van der Waals surface area contributed by atoms with E-state index in [0.29, 0.717) is 24.3 Å². The minimum absolute atomic E-state index is 0.0110. The van der Waals surface area contributed by atoms with E-state index in [1.165, 1.54) is 12.1 Å². The molecule has 1 aliphatic carbocycles. The van der Waals surface area contributed by atoms with Crippen LogP contribution in [0.4, 0.5) is 0 Å². The third-order valence-electron chi connectivity index (χ3n) is 4.92. The van der Waals surface area contributed by atoms with Gasteiger partial charge in [0.2, 0.25) is 5.91 Å². The molecule has 0 aliphatic heterocycles. The van der Waals surface area contributed by atoms with E-state index in [-0.39, 0.29) is 17.1 Å². The number of benzene rings is 1. The Labute approximate surface area is 148 Å². The van der Waals surface area contributed by atoms with E-state index in [1.807, 2.05) is 0 Å². The van der Waals surface area contributed by atoms with Gasteiger partial charge in [-0.3, -0.25) is 4.79 Å². The molecule has 0 spiro atoms. The summed E-state index contributed by atoms with van der Waals surface area (Å²) in [4.78, 5) is 24.3. The highest BCUT2D eigenvalue weighted by Crippen LogP contribution is 2.32. The van der Waals surface area contributed by atoms with Crippen LogP contribution in [0.15, 0.2) is 29.2 Å². The van der Waals surface area contributed by atoms with Gasteiger partial charge in [0.05, 0.1) is 17.1 Å². The minimum Gasteiger partial charge on any atom is -0.480 e. The van der Waals surface area contributed by atoms with Gasteiger partial charge in [-0.15, -0.1) is 0 Å². The second kappa shape index (κ2) is 7.56. The summed E-state index contributed by atoms with van der Waals surface area (Å²) in [5.74, 6) is -0.957. The van der Waals surface area contributed by atoms with Gasteiger partial charge >= 0.3 is 5.97 Å². The fourth-order valence-electron chi connectivity index (χ4n) is 3.16. The number of carboxylic acids is 1. The van der Waals surface area contributed by atoms with Gasteiger partial charge in [-0.1, -0.05) is 26.0 Å². The zero-order chi connectivity index (χ0) is 18.7. The van der Waals surface area contributed by atoms with Crippen LogP contribution in [0.5, 0.6) is 0 Å². The molecular weight excluding hydrogens is 342 g/mol. The Hall–Kier alpha value is -1.89. The lowest BCUT2D eigenvalue weighted by atomic mass is 9.77. The molecular formula is C18H25NO5S. The van der Waals surface area contributed by atoms with Crippen LogP contribution < -0.4 is 5.32 Å². The molecule has 6 nitrogen and oxygen atoms in total. The van der Waals surface area contributed by atoms with Crippen LogP contribution in [-0.4, -0.2) is 36.7 Å². The number of carbonyl (C=O) groups is 2. The molecule has 0 saturated heterocycles. The summed E-state index contributed by atoms with van der Waals surface area (Å²) in [5, 5.41) is 12.3. The zero-order valence-corrected chi connectivity index (χ0v) is 15.4. The van der Waals surface area contributed by atoms with Crippen LogP contribution in [0.3, 0.4) is 0 Å². The Morgan fingerprint density at radius 2 is 1.92 bits per heavy atom. The molecule has 0 atom stereocenters. The van der Waals surface area contributed by atoms with Crippen molar-refractivity contribution >= 4 is 21.7 Å². The number of hydrogen-bond donors (Lipinski definition) is 2. The average molecular weight is 367 g/mol. The Morgan fingerprint density at radius 1 is 1.28 bits per heavy atom. The molecule has 0 bridgehead atoms. The van der Waals surface area contributed by atoms with Gasteiger partial charge in [0.15, 0.2) is 9.84 Å². The van der Waals surface area contributed by atoms with Gasteiger partial charge < -0.3 is 10.4 Å². The molecule has 0 heterocycles. The first kappa shape index (κ1) is 19.4. The predicted molar refractivity (Wildman–Crippen MR) is 94.0 cm³/mol. The van der Waals surface area contributed by atoms with Crippen LogP contribution in [-0.2, 0) is 25.8 Å². The Kier molecular flexibility index (Phi) is 5.87. The molecule has 0 radical (unpaired) electrons. The highest BCUT2D eigenvalue weighted by Gasteiger charge is 2.42. The SMILES string of the molecule is CCS(=O)(=O)c1cccc(CC(=O)NC2(C(=O)O)CCC(C)CC2)c1. The van der Waals surface area contributed by atoms with Crippen molar-refractivity contribution in [2.45, 2.75) is 56.4 Å². The average Bonchev–Trinajstić information content (AvgIpc) is 2.57. The number of hydrogen-bond acceptors (Lipinski definition) is 4. The number of sulfone groups is 1. The Morgan fingerprint density at radius 3 is 2.48 bits per heavy atom. The molecule has 2 rings (SSSR count). The molecule has 2 N–H and O–H groups in total. The number of amides is 1. The molecule has 1 aliphatic rings. The molecule has 0 aromatic heterocycles. The number of carboxylic acid groups (broad SMARTS) is 1. The largest absolute Gasteiger partial charge is 0.480 e. The minimum atomic E-state index is -3.34. The van der Waals surface area contributed by atoms with Crippen molar-refractivity contribution in [1.82, 2.24) is 5.32 Å². The van der Waals surface area contributed by atoms with E-state index in [0.717, 1.165) is 12.8 Å². The van der Waals surface area contributed by atoms with E-state index < -0.39 is 27.3 Å². The van der Waals surface area contributed by atoms with Crippen LogP contribution >= 0.6 is 0 Å². The van der Waals surface area contributed by atoms with Gasteiger partial charge in [-0.2, -0.15) is 0 Å². The number of rotatable bonds is 6. The Balaban J connectivity index is 2.12. The predicted octanol–water partition coefficient (Wildman–Crippen LogP) is 2.17. The maximum Gasteiger partial charge on any atom is 0.329 e. The quantitative estimate of drug-likeness (QED) is 0.802.